The summed E-state index contributed by atoms with van der Waals surface area (Å²) in [5.74, 6) is 2.36. The second kappa shape index (κ2) is 9.64. The molecule has 128 valence electrons. The number of methoxy groups -OCH3 is 1. The molecule has 0 radical (unpaired) electrons. The summed E-state index contributed by atoms with van der Waals surface area (Å²) in [7, 11) is 1.54. The molecule has 3 N–H and O–H groups in total. The molecule has 1 aliphatic rings. The molecule has 8 heteroatoms. The molecule has 0 bridgehead atoms. The molecule has 2 rings (SSSR count). The van der Waals surface area contributed by atoms with Gasteiger partial charge in [-0.1, -0.05) is 0 Å². The number of ether oxygens (including phenoxy) is 1. The van der Waals surface area contributed by atoms with Crippen LogP contribution in [-0.4, -0.2) is 43.0 Å². The fraction of sp³-hybridized carbons (Fsp3) is 0.467. The molecule has 1 heterocycles. The number of amides is 2. The number of carbonyl (C=O) groups is 2. The quantitative estimate of drug-likeness (QED) is 0.750. The predicted octanol–water partition coefficient (Wildman–Crippen LogP) is 2.11. The Morgan fingerprint density at radius 2 is 2.17 bits per heavy atom. The fourth-order valence-electron chi connectivity index (χ4n) is 2.26. The van der Waals surface area contributed by atoms with E-state index >= 15 is 0 Å². The van der Waals surface area contributed by atoms with Gasteiger partial charge in [0.2, 0.25) is 11.8 Å². The van der Waals surface area contributed by atoms with E-state index in [0.29, 0.717) is 23.5 Å². The summed E-state index contributed by atoms with van der Waals surface area (Å²) in [6.07, 6.45) is 0.417. The molecule has 2 amide bonds. The van der Waals surface area contributed by atoms with Crippen LogP contribution >= 0.6 is 24.2 Å². The minimum atomic E-state index is -0.161. The van der Waals surface area contributed by atoms with Gasteiger partial charge in [-0.15, -0.1) is 12.4 Å². The van der Waals surface area contributed by atoms with Crippen molar-refractivity contribution in [2.45, 2.75) is 19.4 Å². The molecule has 1 unspecified atom stereocenters. The normalized spacial score (nSPS) is 16.9. The van der Waals surface area contributed by atoms with Crippen molar-refractivity contribution in [3.05, 3.63) is 18.2 Å². The third-order valence-corrected chi connectivity index (χ3v) is 4.36. The highest BCUT2D eigenvalue weighted by Crippen LogP contribution is 2.28. The minimum absolute atomic E-state index is 0. The van der Waals surface area contributed by atoms with Gasteiger partial charge in [0.05, 0.1) is 12.8 Å². The zero-order valence-corrected chi connectivity index (χ0v) is 14.8. The van der Waals surface area contributed by atoms with E-state index in [2.05, 4.69) is 16.0 Å². The van der Waals surface area contributed by atoms with E-state index in [9.17, 15) is 9.59 Å². The van der Waals surface area contributed by atoms with Gasteiger partial charge in [0.25, 0.3) is 0 Å². The van der Waals surface area contributed by atoms with E-state index in [-0.39, 0.29) is 30.3 Å². The lowest BCUT2D eigenvalue weighted by atomic mass is 10.2. The number of rotatable bonds is 5. The molecule has 1 fully saturated rings. The first-order valence-electron chi connectivity index (χ1n) is 7.15. The highest BCUT2D eigenvalue weighted by molar-refractivity contribution is 7.99. The topological polar surface area (TPSA) is 79.5 Å². The lowest BCUT2D eigenvalue weighted by molar-refractivity contribution is -0.116. The van der Waals surface area contributed by atoms with E-state index in [0.717, 1.165) is 18.1 Å². The molecule has 1 aliphatic heterocycles. The maximum absolute atomic E-state index is 12.2. The van der Waals surface area contributed by atoms with Gasteiger partial charge in [-0.3, -0.25) is 9.59 Å². The van der Waals surface area contributed by atoms with Crippen molar-refractivity contribution in [2.24, 2.45) is 0 Å². The average molecular weight is 360 g/mol. The molecule has 1 aromatic rings. The molecular weight excluding hydrogens is 338 g/mol. The van der Waals surface area contributed by atoms with E-state index in [1.165, 1.54) is 6.92 Å². The molecule has 1 atom stereocenters. The maximum atomic E-state index is 12.2. The molecule has 0 aromatic heterocycles. The number of thioether (sulfide) groups is 1. The van der Waals surface area contributed by atoms with Crippen molar-refractivity contribution in [1.29, 1.82) is 0 Å². The Kier molecular flexibility index (Phi) is 8.22. The molecular formula is C15H22ClN3O3S. The Hall–Kier alpha value is -1.44. The second-order valence-corrected chi connectivity index (χ2v) is 6.22. The van der Waals surface area contributed by atoms with Crippen molar-refractivity contribution >= 4 is 47.4 Å². The summed E-state index contributed by atoms with van der Waals surface area (Å²) in [5.41, 5.74) is 1.18. The molecule has 0 saturated carbocycles. The SMILES string of the molecule is COc1ccc(NC(C)=O)cc1NC(=O)CC1CSCCN1.Cl. The van der Waals surface area contributed by atoms with Crippen molar-refractivity contribution in [2.75, 3.05) is 35.8 Å². The first kappa shape index (κ1) is 19.6. The number of nitrogens with one attached hydrogen (secondary N) is 3. The van der Waals surface area contributed by atoms with Gasteiger partial charge < -0.3 is 20.7 Å². The van der Waals surface area contributed by atoms with Gasteiger partial charge in [0.1, 0.15) is 5.75 Å². The van der Waals surface area contributed by atoms with E-state index < -0.39 is 0 Å². The third kappa shape index (κ3) is 6.29. The first-order valence-corrected chi connectivity index (χ1v) is 8.30. The van der Waals surface area contributed by atoms with Gasteiger partial charge in [0, 0.05) is 43.1 Å². The average Bonchev–Trinajstić information content (AvgIpc) is 2.48. The molecule has 23 heavy (non-hydrogen) atoms. The van der Waals surface area contributed by atoms with E-state index in [1.54, 1.807) is 25.3 Å². The summed E-state index contributed by atoms with van der Waals surface area (Å²) in [6, 6.07) is 5.34. The van der Waals surface area contributed by atoms with E-state index in [1.807, 2.05) is 11.8 Å². The zero-order valence-electron chi connectivity index (χ0n) is 13.2. The lowest BCUT2D eigenvalue weighted by Gasteiger charge is -2.22. The summed E-state index contributed by atoms with van der Waals surface area (Å²) < 4.78 is 5.25. The largest absolute Gasteiger partial charge is 0.495 e. The highest BCUT2D eigenvalue weighted by Gasteiger charge is 2.17. The van der Waals surface area contributed by atoms with Crippen molar-refractivity contribution in [1.82, 2.24) is 5.32 Å². The van der Waals surface area contributed by atoms with Crippen molar-refractivity contribution in [3.63, 3.8) is 0 Å². The van der Waals surface area contributed by atoms with Crippen LogP contribution in [0.1, 0.15) is 13.3 Å². The third-order valence-electron chi connectivity index (χ3n) is 3.22. The van der Waals surface area contributed by atoms with E-state index in [4.69, 9.17) is 4.74 Å². The van der Waals surface area contributed by atoms with Gasteiger partial charge in [-0.2, -0.15) is 11.8 Å². The van der Waals surface area contributed by atoms with Crippen LogP contribution in [0.25, 0.3) is 0 Å². The number of hydrogen-bond acceptors (Lipinski definition) is 5. The molecule has 1 saturated heterocycles. The van der Waals surface area contributed by atoms with Crippen molar-refractivity contribution in [3.8, 4) is 5.75 Å². The van der Waals surface area contributed by atoms with Gasteiger partial charge in [0.15, 0.2) is 0 Å². The van der Waals surface area contributed by atoms with Crippen LogP contribution in [0.4, 0.5) is 11.4 Å². The van der Waals surface area contributed by atoms with Crippen LogP contribution < -0.4 is 20.7 Å². The Labute approximate surface area is 146 Å². The Morgan fingerprint density at radius 1 is 1.39 bits per heavy atom. The number of carbonyl (C=O) groups excluding carboxylic acids is 2. The molecule has 0 spiro atoms. The fourth-order valence-corrected chi connectivity index (χ4v) is 3.21. The zero-order chi connectivity index (χ0) is 15.9. The maximum Gasteiger partial charge on any atom is 0.226 e. The van der Waals surface area contributed by atoms with Gasteiger partial charge >= 0.3 is 0 Å². The van der Waals surface area contributed by atoms with Crippen molar-refractivity contribution < 1.29 is 14.3 Å². The Morgan fingerprint density at radius 3 is 2.78 bits per heavy atom. The van der Waals surface area contributed by atoms with Crippen LogP contribution in [0, 0.1) is 0 Å². The summed E-state index contributed by atoms with van der Waals surface area (Å²) >= 11 is 1.85. The van der Waals surface area contributed by atoms with Gasteiger partial charge in [-0.05, 0) is 18.2 Å². The number of anilines is 2. The summed E-state index contributed by atoms with van der Waals surface area (Å²) in [5, 5.41) is 8.88. The van der Waals surface area contributed by atoms with Crippen LogP contribution in [0.2, 0.25) is 0 Å². The van der Waals surface area contributed by atoms with Crippen LogP contribution in [0.3, 0.4) is 0 Å². The molecule has 0 aliphatic carbocycles. The monoisotopic (exact) mass is 359 g/mol. The number of benzene rings is 1. The first-order chi connectivity index (χ1) is 10.6. The lowest BCUT2D eigenvalue weighted by Crippen LogP contribution is -2.39. The number of hydrogen-bond donors (Lipinski definition) is 3. The second-order valence-electron chi connectivity index (χ2n) is 5.07. The molecule has 1 aromatic carbocycles. The predicted molar refractivity (Wildman–Crippen MR) is 96.9 cm³/mol. The van der Waals surface area contributed by atoms with Gasteiger partial charge in [-0.25, -0.2) is 0 Å². The molecule has 6 nitrogen and oxygen atoms in total. The summed E-state index contributed by atoms with van der Waals surface area (Å²) in [4.78, 5) is 23.3. The van der Waals surface area contributed by atoms with Crippen LogP contribution in [0.15, 0.2) is 18.2 Å². The summed E-state index contributed by atoms with van der Waals surface area (Å²) in [6.45, 7) is 2.37. The van der Waals surface area contributed by atoms with Crippen LogP contribution in [0.5, 0.6) is 5.75 Å². The Bertz CT molecular complexity index is 551. The standard InChI is InChI=1S/C15H21N3O3S.ClH/c1-10(19)17-11-3-4-14(21-2)13(7-11)18-15(20)8-12-9-22-6-5-16-12;/h3-4,7,12,16H,5-6,8-9H2,1-2H3,(H,17,19)(H,18,20);1H. The minimum Gasteiger partial charge on any atom is -0.495 e. The highest BCUT2D eigenvalue weighted by atomic mass is 35.5. The Balaban J connectivity index is 0.00000264. The number of halogens is 1. The smallest absolute Gasteiger partial charge is 0.226 e. The van der Waals surface area contributed by atoms with Crippen LogP contribution in [-0.2, 0) is 9.59 Å².